The van der Waals surface area contributed by atoms with Crippen LogP contribution in [0.4, 0.5) is 0 Å². The summed E-state index contributed by atoms with van der Waals surface area (Å²) in [6.45, 7) is 6.27. The smallest absolute Gasteiger partial charge is 0.142 e. The van der Waals surface area contributed by atoms with Gasteiger partial charge in [0.1, 0.15) is 29.6 Å². The minimum Gasteiger partial charge on any atom is -0.508 e. The van der Waals surface area contributed by atoms with Crippen molar-refractivity contribution in [3.63, 3.8) is 0 Å². The van der Waals surface area contributed by atoms with Crippen molar-refractivity contribution in [2.75, 3.05) is 26.2 Å². The van der Waals surface area contributed by atoms with Crippen molar-refractivity contribution in [1.29, 1.82) is 0 Å². The van der Waals surface area contributed by atoms with Crippen LogP contribution in [0.1, 0.15) is 38.2 Å². The Bertz CT molecular complexity index is 1240. The van der Waals surface area contributed by atoms with Gasteiger partial charge in [0.25, 0.3) is 0 Å². The average molecular weight is 482 g/mol. The molecule has 1 saturated heterocycles. The maximum Gasteiger partial charge on any atom is 0.142 e. The second-order valence-corrected chi connectivity index (χ2v) is 9.55. The lowest BCUT2D eigenvalue weighted by Gasteiger charge is -2.26. The number of nitrogens with zero attached hydrogens (tertiary/aromatic N) is 1. The molecular formula is C32H35NO3. The lowest BCUT2D eigenvalue weighted by molar-refractivity contribution is 0.183. The van der Waals surface area contributed by atoms with Gasteiger partial charge in [0.05, 0.1) is 0 Å². The summed E-state index contributed by atoms with van der Waals surface area (Å²) in [5, 5.41) is 9.85. The molecule has 5 rings (SSSR count). The number of hydrogen-bond acceptors (Lipinski definition) is 4. The third-order valence-electron chi connectivity index (χ3n) is 6.94. The van der Waals surface area contributed by atoms with Gasteiger partial charge in [-0.2, -0.15) is 0 Å². The van der Waals surface area contributed by atoms with Crippen LogP contribution in [0.2, 0.25) is 0 Å². The first-order valence-corrected chi connectivity index (χ1v) is 13.2. The van der Waals surface area contributed by atoms with Gasteiger partial charge in [0, 0.05) is 28.8 Å². The molecule has 0 atom stereocenters. The number of ether oxygens (including phenoxy) is 1. The predicted octanol–water partition coefficient (Wildman–Crippen LogP) is 7.80. The summed E-state index contributed by atoms with van der Waals surface area (Å²) in [5.41, 5.74) is 5.46. The summed E-state index contributed by atoms with van der Waals surface area (Å²) in [7, 11) is 0. The van der Waals surface area contributed by atoms with Crippen LogP contribution in [-0.2, 0) is 6.42 Å². The number of hydrogen-bond donors (Lipinski definition) is 1. The van der Waals surface area contributed by atoms with Crippen LogP contribution in [0, 0.1) is 0 Å². The predicted molar refractivity (Wildman–Crippen MR) is 146 cm³/mol. The molecule has 0 radical (unpaired) electrons. The van der Waals surface area contributed by atoms with Crippen LogP contribution in [0.25, 0.3) is 33.8 Å². The van der Waals surface area contributed by atoms with Crippen LogP contribution in [0.3, 0.4) is 0 Å². The second-order valence-electron chi connectivity index (χ2n) is 9.55. The lowest BCUT2D eigenvalue weighted by Crippen LogP contribution is -2.33. The molecule has 0 amide bonds. The van der Waals surface area contributed by atoms with Gasteiger partial charge >= 0.3 is 0 Å². The molecule has 4 heteroatoms. The first-order chi connectivity index (χ1) is 17.7. The average Bonchev–Trinajstić information content (AvgIpc) is 3.30. The Labute approximate surface area is 214 Å². The molecule has 1 N–H and O–H groups in total. The van der Waals surface area contributed by atoms with Crippen molar-refractivity contribution < 1.29 is 14.3 Å². The maximum atomic E-state index is 9.85. The molecule has 0 unspecified atom stereocenters. The van der Waals surface area contributed by atoms with Gasteiger partial charge in [0.15, 0.2) is 0 Å². The first-order valence-electron chi connectivity index (χ1n) is 13.2. The molecule has 36 heavy (non-hydrogen) atoms. The number of phenols is 1. The first kappa shape index (κ1) is 24.2. The highest BCUT2D eigenvalue weighted by Gasteiger charge is 2.23. The number of phenolic OH excluding ortho intramolecular Hbond substituents is 1. The van der Waals surface area contributed by atoms with E-state index in [1.165, 1.54) is 37.9 Å². The summed E-state index contributed by atoms with van der Waals surface area (Å²) in [4.78, 5) is 2.50. The molecule has 0 spiro atoms. The number of likely N-dealkylation sites (tertiary alicyclic amines) is 1. The zero-order valence-corrected chi connectivity index (χ0v) is 21.1. The van der Waals surface area contributed by atoms with Crippen molar-refractivity contribution in [2.45, 2.75) is 39.0 Å². The Hall–Kier alpha value is -3.50. The fraction of sp³-hybridized carbons (Fsp3) is 0.312. The lowest BCUT2D eigenvalue weighted by atomic mass is 9.93. The normalized spacial score (nSPS) is 14.1. The van der Waals surface area contributed by atoms with Crippen molar-refractivity contribution in [1.82, 2.24) is 4.90 Å². The zero-order valence-electron chi connectivity index (χ0n) is 21.1. The molecular weight excluding hydrogens is 446 g/mol. The van der Waals surface area contributed by atoms with Crippen LogP contribution in [-0.4, -0.2) is 36.2 Å². The Kier molecular flexibility index (Phi) is 7.73. The Morgan fingerprint density at radius 3 is 2.14 bits per heavy atom. The van der Waals surface area contributed by atoms with Gasteiger partial charge < -0.3 is 14.3 Å². The minimum atomic E-state index is 0.245. The van der Waals surface area contributed by atoms with Crippen molar-refractivity contribution in [3.8, 4) is 45.3 Å². The Morgan fingerprint density at radius 1 is 0.778 bits per heavy atom. The molecule has 1 aromatic heterocycles. The summed E-state index contributed by atoms with van der Waals surface area (Å²) in [6, 6.07) is 26.0. The molecule has 4 aromatic rings. The maximum absolute atomic E-state index is 9.85. The summed E-state index contributed by atoms with van der Waals surface area (Å²) in [5.74, 6) is 2.88. The van der Waals surface area contributed by atoms with Crippen LogP contribution in [0.5, 0.6) is 11.5 Å². The van der Waals surface area contributed by atoms with E-state index in [0.29, 0.717) is 6.61 Å². The third-order valence-corrected chi connectivity index (χ3v) is 6.94. The highest BCUT2D eigenvalue weighted by Crippen LogP contribution is 2.44. The van der Waals surface area contributed by atoms with Crippen molar-refractivity contribution >= 4 is 0 Å². The summed E-state index contributed by atoms with van der Waals surface area (Å²) >= 11 is 0. The van der Waals surface area contributed by atoms with Gasteiger partial charge in [-0.3, -0.25) is 4.90 Å². The van der Waals surface area contributed by atoms with Gasteiger partial charge in [0.2, 0.25) is 0 Å². The molecule has 1 fully saturated rings. The van der Waals surface area contributed by atoms with Crippen molar-refractivity contribution in [2.24, 2.45) is 0 Å². The van der Waals surface area contributed by atoms with Gasteiger partial charge in [-0.05, 0) is 74.3 Å². The third kappa shape index (κ3) is 5.50. The van der Waals surface area contributed by atoms with E-state index < -0.39 is 0 Å². The number of rotatable bonds is 9. The largest absolute Gasteiger partial charge is 0.508 e. The quantitative estimate of drug-likeness (QED) is 0.265. The summed E-state index contributed by atoms with van der Waals surface area (Å²) < 4.78 is 12.7. The molecule has 1 aliphatic rings. The number of aromatic hydroxyl groups is 1. The molecule has 1 aliphatic heterocycles. The topological polar surface area (TPSA) is 45.8 Å². The zero-order chi connectivity index (χ0) is 24.7. The second kappa shape index (κ2) is 11.5. The molecule has 4 nitrogen and oxygen atoms in total. The fourth-order valence-electron chi connectivity index (χ4n) is 5.09. The van der Waals surface area contributed by atoms with E-state index in [9.17, 15) is 5.11 Å². The van der Waals surface area contributed by atoms with Crippen LogP contribution >= 0.6 is 0 Å². The van der Waals surface area contributed by atoms with E-state index in [-0.39, 0.29) is 5.75 Å². The highest BCUT2D eigenvalue weighted by molar-refractivity contribution is 5.87. The summed E-state index contributed by atoms with van der Waals surface area (Å²) in [6.07, 6.45) is 5.88. The number of furan rings is 1. The van der Waals surface area contributed by atoms with E-state index in [1.54, 1.807) is 12.1 Å². The van der Waals surface area contributed by atoms with Gasteiger partial charge in [-0.25, -0.2) is 0 Å². The van der Waals surface area contributed by atoms with Crippen molar-refractivity contribution in [3.05, 3.63) is 84.4 Å². The highest BCUT2D eigenvalue weighted by atomic mass is 16.5. The Balaban J connectivity index is 1.47. The molecule has 0 aliphatic carbocycles. The standard InChI is InChI=1S/C32H35NO3/c1-2-9-29-30(24-14-18-28(19-15-24)35-23-22-33-20-7-4-8-21-33)32(26-12-16-27(34)17-13-26)36-31(29)25-10-5-3-6-11-25/h3,5-6,10-19,34H,2,4,7-9,20-23H2,1H3. The van der Waals surface area contributed by atoms with E-state index in [1.807, 2.05) is 30.3 Å². The monoisotopic (exact) mass is 481 g/mol. The molecule has 0 saturated carbocycles. The molecule has 2 heterocycles. The fourth-order valence-corrected chi connectivity index (χ4v) is 5.09. The Morgan fingerprint density at radius 2 is 1.44 bits per heavy atom. The van der Waals surface area contributed by atoms with Crippen LogP contribution in [0.15, 0.2) is 83.3 Å². The van der Waals surface area contributed by atoms with E-state index >= 15 is 0 Å². The minimum absolute atomic E-state index is 0.245. The van der Waals surface area contributed by atoms with E-state index in [2.05, 4.69) is 48.2 Å². The SMILES string of the molecule is CCCc1c(-c2ccccc2)oc(-c2ccc(O)cc2)c1-c1ccc(OCCN2CCCCC2)cc1. The van der Waals surface area contributed by atoms with Crippen LogP contribution < -0.4 is 4.74 Å². The molecule has 3 aromatic carbocycles. The number of benzene rings is 3. The number of piperidine rings is 1. The molecule has 0 bridgehead atoms. The van der Waals surface area contributed by atoms with Gasteiger partial charge in [-0.15, -0.1) is 0 Å². The van der Waals surface area contributed by atoms with E-state index in [0.717, 1.165) is 58.9 Å². The van der Waals surface area contributed by atoms with E-state index in [4.69, 9.17) is 9.15 Å². The van der Waals surface area contributed by atoms with Gasteiger partial charge in [-0.1, -0.05) is 62.2 Å². The molecule has 186 valence electrons.